The first kappa shape index (κ1) is 12.6. The van der Waals surface area contributed by atoms with Gasteiger partial charge in [0.15, 0.2) is 6.10 Å². The lowest BCUT2D eigenvalue weighted by Gasteiger charge is -2.25. The zero-order chi connectivity index (χ0) is 14.4. The summed E-state index contributed by atoms with van der Waals surface area (Å²) in [4.78, 5) is 30.8. The van der Waals surface area contributed by atoms with Crippen molar-refractivity contribution >= 4 is 28.8 Å². The Morgan fingerprint density at radius 3 is 2.57 bits per heavy atom. The first-order valence-corrected chi connectivity index (χ1v) is 7.53. The largest absolute Gasteiger partial charge is 0.294 e. The molecule has 0 spiro atoms. The number of fused-ring (bicyclic) bond motifs is 1. The predicted octanol–water partition coefficient (Wildman–Crippen LogP) is 1.88. The zero-order valence-electron chi connectivity index (χ0n) is 10.9. The Labute approximate surface area is 125 Å². The maximum atomic E-state index is 12.1. The number of carbonyl (C=O) groups excluding carboxylic acids is 2. The third kappa shape index (κ3) is 1.87. The quantitative estimate of drug-likeness (QED) is 0.860. The van der Waals surface area contributed by atoms with E-state index in [0.29, 0.717) is 0 Å². The van der Waals surface area contributed by atoms with Crippen LogP contribution in [0.25, 0.3) is 0 Å². The van der Waals surface area contributed by atoms with Crippen LogP contribution in [-0.2, 0) is 14.4 Å². The fourth-order valence-corrected chi connectivity index (χ4v) is 3.73. The van der Waals surface area contributed by atoms with Gasteiger partial charge in [0, 0.05) is 4.88 Å². The molecule has 3 atom stereocenters. The van der Waals surface area contributed by atoms with Gasteiger partial charge in [-0.1, -0.05) is 24.3 Å². The Balaban J connectivity index is 1.80. The van der Waals surface area contributed by atoms with Gasteiger partial charge in [-0.2, -0.15) is 0 Å². The monoisotopic (exact) mass is 300 g/mol. The molecule has 2 amide bonds. The minimum absolute atomic E-state index is 0.262. The molecule has 6 heteroatoms. The smallest absolute Gasteiger partial charge is 0.259 e. The van der Waals surface area contributed by atoms with E-state index in [2.05, 4.69) is 5.32 Å². The molecule has 2 fully saturated rings. The highest BCUT2D eigenvalue weighted by molar-refractivity contribution is 7.10. The van der Waals surface area contributed by atoms with Crippen molar-refractivity contribution in [3.63, 3.8) is 0 Å². The summed E-state index contributed by atoms with van der Waals surface area (Å²) < 4.78 is 0. The number of nitrogens with zero attached hydrogens (tertiary/aromatic N) is 1. The van der Waals surface area contributed by atoms with Crippen LogP contribution in [0.3, 0.4) is 0 Å². The molecule has 0 bridgehead atoms. The van der Waals surface area contributed by atoms with Crippen LogP contribution in [0.15, 0.2) is 47.8 Å². The summed E-state index contributed by atoms with van der Waals surface area (Å²) in [6.45, 7) is 0. The fourth-order valence-electron chi connectivity index (χ4n) is 2.88. The second kappa shape index (κ2) is 4.68. The number of para-hydroxylation sites is 1. The molecule has 2 aliphatic rings. The van der Waals surface area contributed by atoms with Crippen LogP contribution in [0.1, 0.15) is 10.9 Å². The number of hydroxylamine groups is 1. The lowest BCUT2D eigenvalue weighted by Crippen LogP contribution is -2.32. The standard InChI is InChI=1S/C15H12N2O3S/c18-14-11-12(10-7-4-8-21-10)17(9-5-2-1-3-6-9)20-13(11)15(19)16-14/h1-8,11-13H,(H,16,18,19). The average molecular weight is 300 g/mol. The highest BCUT2D eigenvalue weighted by atomic mass is 32.1. The van der Waals surface area contributed by atoms with Crippen LogP contribution in [-0.4, -0.2) is 17.9 Å². The summed E-state index contributed by atoms with van der Waals surface area (Å²) in [5.74, 6) is -1.12. The van der Waals surface area contributed by atoms with Crippen molar-refractivity contribution in [1.82, 2.24) is 5.32 Å². The normalized spacial score (nSPS) is 27.8. The van der Waals surface area contributed by atoms with Crippen LogP contribution in [0.5, 0.6) is 0 Å². The van der Waals surface area contributed by atoms with Crippen molar-refractivity contribution < 1.29 is 14.4 Å². The van der Waals surface area contributed by atoms with Gasteiger partial charge in [-0.25, -0.2) is 5.06 Å². The minimum atomic E-state index is -0.746. The van der Waals surface area contributed by atoms with E-state index in [4.69, 9.17) is 4.84 Å². The summed E-state index contributed by atoms with van der Waals surface area (Å²) in [6, 6.07) is 13.2. The summed E-state index contributed by atoms with van der Waals surface area (Å²) >= 11 is 1.56. The van der Waals surface area contributed by atoms with Crippen molar-refractivity contribution in [2.24, 2.45) is 5.92 Å². The van der Waals surface area contributed by atoms with Crippen LogP contribution < -0.4 is 10.4 Å². The number of benzene rings is 1. The first-order chi connectivity index (χ1) is 10.3. The molecule has 0 aliphatic carbocycles. The van der Waals surface area contributed by atoms with Crippen molar-refractivity contribution in [3.05, 3.63) is 52.7 Å². The Kier molecular flexibility index (Phi) is 2.80. The van der Waals surface area contributed by atoms with Crippen LogP contribution in [0, 0.1) is 5.92 Å². The van der Waals surface area contributed by atoms with E-state index in [1.54, 1.807) is 16.4 Å². The summed E-state index contributed by atoms with van der Waals surface area (Å²) in [5, 5.41) is 6.01. The molecule has 1 aromatic heterocycles. The second-order valence-corrected chi connectivity index (χ2v) is 6.01. The number of imide groups is 1. The summed E-state index contributed by atoms with van der Waals surface area (Å²) in [5.41, 5.74) is 0.839. The van der Waals surface area contributed by atoms with Gasteiger partial charge in [0.05, 0.1) is 5.69 Å². The maximum Gasteiger partial charge on any atom is 0.259 e. The molecule has 2 saturated heterocycles. The molecular weight excluding hydrogens is 288 g/mol. The van der Waals surface area contributed by atoms with E-state index >= 15 is 0 Å². The molecule has 0 saturated carbocycles. The number of thiophene rings is 1. The van der Waals surface area contributed by atoms with Crippen LogP contribution in [0.4, 0.5) is 5.69 Å². The molecule has 3 unspecified atom stereocenters. The summed E-state index contributed by atoms with van der Waals surface area (Å²) in [6.07, 6.45) is -0.746. The molecule has 3 heterocycles. The van der Waals surface area contributed by atoms with Gasteiger partial charge in [-0.3, -0.25) is 19.7 Å². The number of anilines is 1. The van der Waals surface area contributed by atoms with Gasteiger partial charge >= 0.3 is 0 Å². The molecule has 2 aliphatic heterocycles. The minimum Gasteiger partial charge on any atom is -0.294 e. The van der Waals surface area contributed by atoms with Crippen molar-refractivity contribution in [1.29, 1.82) is 0 Å². The van der Waals surface area contributed by atoms with Crippen LogP contribution >= 0.6 is 11.3 Å². The number of hydrogen-bond acceptors (Lipinski definition) is 5. The van der Waals surface area contributed by atoms with Crippen molar-refractivity contribution in [2.45, 2.75) is 12.1 Å². The van der Waals surface area contributed by atoms with E-state index < -0.39 is 12.0 Å². The number of nitrogens with one attached hydrogen (secondary N) is 1. The van der Waals surface area contributed by atoms with Gasteiger partial charge in [-0.05, 0) is 23.6 Å². The zero-order valence-corrected chi connectivity index (χ0v) is 11.7. The third-order valence-corrected chi connectivity index (χ3v) is 4.74. The fraction of sp³-hybridized carbons (Fsp3) is 0.200. The lowest BCUT2D eigenvalue weighted by atomic mass is 9.95. The number of hydrogen-bond donors (Lipinski definition) is 1. The van der Waals surface area contributed by atoms with Gasteiger partial charge in [0.1, 0.15) is 12.0 Å². The van der Waals surface area contributed by atoms with Crippen molar-refractivity contribution in [2.75, 3.05) is 5.06 Å². The molecular formula is C15H12N2O3S. The first-order valence-electron chi connectivity index (χ1n) is 6.65. The van der Waals surface area contributed by atoms with E-state index in [-0.39, 0.29) is 17.9 Å². The molecule has 5 nitrogen and oxygen atoms in total. The number of rotatable bonds is 2. The molecule has 1 N–H and O–H groups in total. The van der Waals surface area contributed by atoms with E-state index in [0.717, 1.165) is 10.6 Å². The van der Waals surface area contributed by atoms with Gasteiger partial charge < -0.3 is 0 Å². The highest BCUT2D eigenvalue weighted by Crippen LogP contribution is 2.45. The lowest BCUT2D eigenvalue weighted by molar-refractivity contribution is -0.129. The maximum absolute atomic E-state index is 12.1. The molecule has 106 valence electrons. The van der Waals surface area contributed by atoms with Gasteiger partial charge in [0.25, 0.3) is 5.91 Å². The number of amides is 2. The van der Waals surface area contributed by atoms with Gasteiger partial charge in [-0.15, -0.1) is 11.3 Å². The summed E-state index contributed by atoms with van der Waals surface area (Å²) in [7, 11) is 0. The van der Waals surface area contributed by atoms with Crippen LogP contribution in [0.2, 0.25) is 0 Å². The Morgan fingerprint density at radius 1 is 1.05 bits per heavy atom. The SMILES string of the molecule is O=C1NC(=O)C2C1ON(c1ccccc1)C2c1cccs1. The Hall–Kier alpha value is -2.18. The third-order valence-electron chi connectivity index (χ3n) is 3.80. The number of carbonyl (C=O) groups is 2. The van der Waals surface area contributed by atoms with Gasteiger partial charge in [0.2, 0.25) is 5.91 Å². The molecule has 21 heavy (non-hydrogen) atoms. The van der Waals surface area contributed by atoms with E-state index in [9.17, 15) is 9.59 Å². The molecule has 4 rings (SSSR count). The molecule has 0 radical (unpaired) electrons. The predicted molar refractivity (Wildman–Crippen MR) is 77.5 cm³/mol. The van der Waals surface area contributed by atoms with E-state index in [1.807, 2.05) is 47.8 Å². The molecule has 1 aromatic carbocycles. The van der Waals surface area contributed by atoms with Crippen molar-refractivity contribution in [3.8, 4) is 0 Å². The van der Waals surface area contributed by atoms with E-state index in [1.165, 1.54) is 0 Å². The Morgan fingerprint density at radius 2 is 1.86 bits per heavy atom. The average Bonchev–Trinajstić information content (AvgIpc) is 3.19. The topological polar surface area (TPSA) is 58.6 Å². The molecule has 2 aromatic rings. The second-order valence-electron chi connectivity index (χ2n) is 5.03. The highest BCUT2D eigenvalue weighted by Gasteiger charge is 2.56. The Bertz CT molecular complexity index is 686.